The number of benzene rings is 1. The minimum atomic E-state index is 0.426. The summed E-state index contributed by atoms with van der Waals surface area (Å²) in [4.78, 5) is 8.61. The predicted octanol–water partition coefficient (Wildman–Crippen LogP) is 4.38. The van der Waals surface area contributed by atoms with Crippen molar-refractivity contribution in [3.05, 3.63) is 44.8 Å². The fourth-order valence-electron chi connectivity index (χ4n) is 1.66. The maximum Gasteiger partial charge on any atom is 0.138 e. The first-order chi connectivity index (χ1) is 9.55. The molecule has 1 aromatic heterocycles. The van der Waals surface area contributed by atoms with E-state index < -0.39 is 0 Å². The molecule has 0 saturated heterocycles. The molecule has 2 rings (SSSR count). The second-order valence-corrected chi connectivity index (χ2v) is 5.46. The highest BCUT2D eigenvalue weighted by Gasteiger charge is 2.11. The van der Waals surface area contributed by atoms with Crippen molar-refractivity contribution in [2.45, 2.75) is 20.3 Å². The van der Waals surface area contributed by atoms with Gasteiger partial charge in [-0.3, -0.25) is 0 Å². The van der Waals surface area contributed by atoms with E-state index in [0.717, 1.165) is 10.0 Å². The second kappa shape index (κ2) is 6.21. The number of nitriles is 1. The van der Waals surface area contributed by atoms with Crippen LogP contribution in [0.2, 0.25) is 5.15 Å². The Morgan fingerprint density at radius 3 is 2.80 bits per heavy atom. The summed E-state index contributed by atoms with van der Waals surface area (Å²) in [6.45, 7) is 3.81. The normalized spacial score (nSPS) is 10.2. The maximum atomic E-state index is 9.18. The number of hydrogen-bond acceptors (Lipinski definition) is 4. The molecule has 4 nitrogen and oxygen atoms in total. The highest BCUT2D eigenvalue weighted by molar-refractivity contribution is 9.10. The van der Waals surface area contributed by atoms with Gasteiger partial charge in [0.15, 0.2) is 0 Å². The van der Waals surface area contributed by atoms with E-state index in [1.165, 1.54) is 0 Å². The fraction of sp³-hybridized carbons (Fsp3) is 0.214. The highest BCUT2D eigenvalue weighted by Crippen LogP contribution is 2.27. The molecule has 6 heteroatoms. The SMILES string of the molecule is CCc1nc(Cl)c(C)c(Nc2ccc(Br)cc2C#N)n1. The van der Waals surface area contributed by atoms with Crippen molar-refractivity contribution in [3.63, 3.8) is 0 Å². The molecule has 0 amide bonds. The van der Waals surface area contributed by atoms with Gasteiger partial charge in [-0.1, -0.05) is 34.5 Å². The molecule has 0 aliphatic heterocycles. The van der Waals surface area contributed by atoms with E-state index in [4.69, 9.17) is 11.6 Å². The molecule has 0 aliphatic rings. The summed E-state index contributed by atoms with van der Waals surface area (Å²) in [5.74, 6) is 1.29. The van der Waals surface area contributed by atoms with Crippen LogP contribution in [-0.2, 0) is 6.42 Å². The van der Waals surface area contributed by atoms with Gasteiger partial charge in [-0.15, -0.1) is 0 Å². The van der Waals surface area contributed by atoms with Crippen molar-refractivity contribution in [1.82, 2.24) is 9.97 Å². The van der Waals surface area contributed by atoms with Crippen molar-refractivity contribution in [3.8, 4) is 6.07 Å². The van der Waals surface area contributed by atoms with Crippen LogP contribution in [0.4, 0.5) is 11.5 Å². The van der Waals surface area contributed by atoms with Gasteiger partial charge in [-0.2, -0.15) is 5.26 Å². The van der Waals surface area contributed by atoms with Crippen LogP contribution in [0.25, 0.3) is 0 Å². The third-order valence-corrected chi connectivity index (χ3v) is 3.67. The highest BCUT2D eigenvalue weighted by atomic mass is 79.9. The lowest BCUT2D eigenvalue weighted by Gasteiger charge is -2.12. The standard InChI is InChI=1S/C14H12BrClN4/c1-3-12-19-13(16)8(2)14(20-12)18-11-5-4-10(15)6-9(11)7-17/h4-6H,3H2,1-2H3,(H,18,19,20). The van der Waals surface area contributed by atoms with E-state index >= 15 is 0 Å². The smallest absolute Gasteiger partial charge is 0.138 e. The molecule has 0 aliphatic carbocycles. The van der Waals surface area contributed by atoms with Crippen molar-refractivity contribution in [1.29, 1.82) is 5.26 Å². The van der Waals surface area contributed by atoms with Crippen LogP contribution >= 0.6 is 27.5 Å². The molecular formula is C14H12BrClN4. The molecule has 1 heterocycles. The van der Waals surface area contributed by atoms with Crippen molar-refractivity contribution >= 4 is 39.0 Å². The van der Waals surface area contributed by atoms with Gasteiger partial charge in [0.1, 0.15) is 22.9 Å². The molecule has 1 N–H and O–H groups in total. The minimum Gasteiger partial charge on any atom is -0.339 e. The predicted molar refractivity (Wildman–Crippen MR) is 83.3 cm³/mol. The Bertz CT molecular complexity index is 694. The van der Waals surface area contributed by atoms with Crippen molar-refractivity contribution in [2.24, 2.45) is 0 Å². The van der Waals surface area contributed by atoms with Gasteiger partial charge in [-0.25, -0.2) is 9.97 Å². The van der Waals surface area contributed by atoms with Gasteiger partial charge in [0.05, 0.1) is 11.3 Å². The summed E-state index contributed by atoms with van der Waals surface area (Å²) in [7, 11) is 0. The van der Waals surface area contributed by atoms with Crippen molar-refractivity contribution in [2.75, 3.05) is 5.32 Å². The van der Waals surface area contributed by atoms with Gasteiger partial charge in [0, 0.05) is 16.5 Å². The van der Waals surface area contributed by atoms with Crippen LogP contribution in [0.15, 0.2) is 22.7 Å². The Balaban J connectivity index is 2.45. The molecule has 20 heavy (non-hydrogen) atoms. The van der Waals surface area contributed by atoms with Gasteiger partial charge in [0.25, 0.3) is 0 Å². The summed E-state index contributed by atoms with van der Waals surface area (Å²) >= 11 is 9.45. The quantitative estimate of drug-likeness (QED) is 0.834. The average Bonchev–Trinajstić information content (AvgIpc) is 2.45. The topological polar surface area (TPSA) is 61.6 Å². The fourth-order valence-corrected chi connectivity index (χ4v) is 2.21. The molecule has 1 aromatic carbocycles. The summed E-state index contributed by atoms with van der Waals surface area (Å²) in [5, 5.41) is 12.8. The van der Waals surface area contributed by atoms with Gasteiger partial charge < -0.3 is 5.32 Å². The molecule has 2 aromatic rings. The number of hydrogen-bond donors (Lipinski definition) is 1. The number of halogens is 2. The van der Waals surface area contributed by atoms with E-state index in [-0.39, 0.29) is 0 Å². The number of anilines is 2. The molecular weight excluding hydrogens is 340 g/mol. The molecule has 0 atom stereocenters. The second-order valence-electron chi connectivity index (χ2n) is 4.18. The first-order valence-electron chi connectivity index (χ1n) is 6.04. The lowest BCUT2D eigenvalue weighted by atomic mass is 10.2. The Morgan fingerprint density at radius 2 is 2.15 bits per heavy atom. The Hall–Kier alpha value is -1.64. The Kier molecular flexibility index (Phi) is 4.58. The van der Waals surface area contributed by atoms with Gasteiger partial charge >= 0.3 is 0 Å². The number of nitrogens with zero attached hydrogens (tertiary/aromatic N) is 3. The summed E-state index contributed by atoms with van der Waals surface area (Å²) in [6, 6.07) is 7.59. The molecule has 0 fully saturated rings. The zero-order valence-corrected chi connectivity index (χ0v) is 13.4. The molecule has 0 radical (unpaired) electrons. The van der Waals surface area contributed by atoms with Crippen LogP contribution in [0.1, 0.15) is 23.9 Å². The number of aromatic nitrogens is 2. The largest absolute Gasteiger partial charge is 0.339 e. The van der Waals surface area contributed by atoms with Crippen molar-refractivity contribution < 1.29 is 0 Å². The molecule has 0 spiro atoms. The first-order valence-corrected chi connectivity index (χ1v) is 7.22. The maximum absolute atomic E-state index is 9.18. The monoisotopic (exact) mass is 350 g/mol. The first kappa shape index (κ1) is 14.8. The zero-order chi connectivity index (χ0) is 14.7. The van der Waals surface area contributed by atoms with Gasteiger partial charge in [-0.05, 0) is 25.1 Å². The van der Waals surface area contributed by atoms with Gasteiger partial charge in [0.2, 0.25) is 0 Å². The van der Waals surface area contributed by atoms with Crippen LogP contribution in [0.3, 0.4) is 0 Å². The van der Waals surface area contributed by atoms with E-state index in [1.807, 2.05) is 26.0 Å². The number of rotatable bonds is 3. The lowest BCUT2D eigenvalue weighted by molar-refractivity contribution is 0.934. The summed E-state index contributed by atoms with van der Waals surface area (Å²) < 4.78 is 0.853. The van der Waals surface area contributed by atoms with E-state index in [1.54, 1.807) is 6.07 Å². The lowest BCUT2D eigenvalue weighted by Crippen LogP contribution is -2.04. The molecule has 0 bridgehead atoms. The summed E-state index contributed by atoms with van der Waals surface area (Å²) in [5.41, 5.74) is 1.98. The number of aryl methyl sites for hydroxylation is 1. The van der Waals surface area contributed by atoms with Crippen LogP contribution in [0.5, 0.6) is 0 Å². The van der Waals surface area contributed by atoms with Crippen LogP contribution in [0, 0.1) is 18.3 Å². The Morgan fingerprint density at radius 1 is 1.40 bits per heavy atom. The average molecular weight is 352 g/mol. The van der Waals surface area contributed by atoms with E-state index in [0.29, 0.717) is 34.5 Å². The Labute approximate surface area is 131 Å². The molecule has 0 unspecified atom stereocenters. The third kappa shape index (κ3) is 3.09. The minimum absolute atomic E-state index is 0.426. The van der Waals surface area contributed by atoms with Crippen LogP contribution in [-0.4, -0.2) is 9.97 Å². The van der Waals surface area contributed by atoms with E-state index in [2.05, 4.69) is 37.3 Å². The zero-order valence-electron chi connectivity index (χ0n) is 11.0. The van der Waals surface area contributed by atoms with Crippen LogP contribution < -0.4 is 5.32 Å². The van der Waals surface area contributed by atoms with E-state index in [9.17, 15) is 5.26 Å². The third-order valence-electron chi connectivity index (χ3n) is 2.80. The summed E-state index contributed by atoms with van der Waals surface area (Å²) in [6.07, 6.45) is 0.695. The molecule has 0 saturated carbocycles. The number of nitrogens with one attached hydrogen (secondary N) is 1. The molecule has 102 valence electrons.